The fourth-order valence-electron chi connectivity index (χ4n) is 2.87. The van der Waals surface area contributed by atoms with E-state index < -0.39 is 6.04 Å². The van der Waals surface area contributed by atoms with Crippen LogP contribution < -0.4 is 5.32 Å². The van der Waals surface area contributed by atoms with Gasteiger partial charge in [-0.3, -0.25) is 5.32 Å². The van der Waals surface area contributed by atoms with E-state index in [4.69, 9.17) is 11.2 Å². The van der Waals surface area contributed by atoms with Crippen molar-refractivity contribution in [2.24, 2.45) is 0 Å². The lowest BCUT2D eigenvalue weighted by molar-refractivity contribution is 0.0489. The summed E-state index contributed by atoms with van der Waals surface area (Å²) in [5, 5.41) is 12.7. The van der Waals surface area contributed by atoms with Crippen LogP contribution in [0.5, 0.6) is 0 Å². The number of terminal acetylenes is 1. The van der Waals surface area contributed by atoms with Gasteiger partial charge in [0.25, 0.3) is 0 Å². The molecule has 0 bridgehead atoms. The molecule has 5 heteroatoms. The van der Waals surface area contributed by atoms with E-state index in [2.05, 4.69) is 23.9 Å². The molecule has 0 aliphatic carbocycles. The average molecular weight is 412 g/mol. The number of hydrogen-bond donors (Lipinski definition) is 1. The van der Waals surface area contributed by atoms with E-state index in [9.17, 15) is 9.65 Å². The van der Waals surface area contributed by atoms with Gasteiger partial charge < -0.3 is 9.64 Å². The minimum atomic E-state index is -0.491. The van der Waals surface area contributed by atoms with Gasteiger partial charge in [-0.1, -0.05) is 31.7 Å². The average Bonchev–Trinajstić information content (AvgIpc) is 2.76. The summed E-state index contributed by atoms with van der Waals surface area (Å²) >= 11 is 0. The maximum atomic E-state index is 14.7. The van der Waals surface area contributed by atoms with Crippen LogP contribution in [0.4, 0.5) is 4.39 Å². The van der Waals surface area contributed by atoms with Crippen molar-refractivity contribution in [3.05, 3.63) is 54.0 Å². The molecule has 162 valence electrons. The number of rotatable bonds is 14. The van der Waals surface area contributed by atoms with Crippen molar-refractivity contribution in [3.63, 3.8) is 0 Å². The smallest absolute Gasteiger partial charge is 0.127 e. The van der Waals surface area contributed by atoms with Gasteiger partial charge in [0.2, 0.25) is 0 Å². The minimum absolute atomic E-state index is 0.00156. The fourth-order valence-corrected chi connectivity index (χ4v) is 2.87. The predicted octanol–water partition coefficient (Wildman–Crippen LogP) is 4.54. The van der Waals surface area contributed by atoms with Gasteiger partial charge >= 0.3 is 0 Å². The van der Waals surface area contributed by atoms with Crippen molar-refractivity contribution < 1.29 is 9.13 Å². The Labute approximate surface area is 181 Å². The Hall–Kier alpha value is -2.60. The van der Waals surface area contributed by atoms with E-state index in [0.717, 1.165) is 30.5 Å². The van der Waals surface area contributed by atoms with E-state index in [0.29, 0.717) is 25.1 Å². The molecule has 1 N–H and O–H groups in total. The number of nitriles is 1. The maximum Gasteiger partial charge on any atom is 0.127 e. The van der Waals surface area contributed by atoms with Crippen molar-refractivity contribution in [2.75, 3.05) is 26.7 Å². The van der Waals surface area contributed by atoms with E-state index in [1.165, 1.54) is 6.07 Å². The number of ether oxygens (including phenoxy) is 1. The standard InChI is InChI=1S/C25H34FN3O/c1-6-10-11-14-30-24(8-3)18-28-23(17-27)15-22-13-12-21(16-25(22)26)20(7-2)19-29(5)9-4/h1,7,12-13,16,19,23-24,28H,2,8-11,14-15,18H2,3-5H3/b20-19+/t23-,24-/m0/s1. The molecule has 0 aromatic heterocycles. The zero-order valence-electron chi connectivity index (χ0n) is 18.5. The van der Waals surface area contributed by atoms with Crippen LogP contribution >= 0.6 is 0 Å². The number of hydrogen-bond acceptors (Lipinski definition) is 4. The molecule has 4 nitrogen and oxygen atoms in total. The van der Waals surface area contributed by atoms with Gasteiger partial charge in [-0.25, -0.2) is 4.39 Å². The van der Waals surface area contributed by atoms with Crippen LogP contribution in [-0.2, 0) is 11.2 Å². The second-order valence-corrected chi connectivity index (χ2v) is 7.17. The molecule has 30 heavy (non-hydrogen) atoms. The second kappa shape index (κ2) is 14.4. The maximum absolute atomic E-state index is 14.7. The number of allylic oxidation sites excluding steroid dienone is 2. The molecule has 0 heterocycles. The first-order valence-corrected chi connectivity index (χ1v) is 10.5. The lowest BCUT2D eigenvalue weighted by Gasteiger charge is -2.19. The van der Waals surface area contributed by atoms with Gasteiger partial charge in [-0.05, 0) is 42.5 Å². The summed E-state index contributed by atoms with van der Waals surface area (Å²) in [7, 11) is 1.96. The van der Waals surface area contributed by atoms with Crippen molar-refractivity contribution in [3.8, 4) is 18.4 Å². The van der Waals surface area contributed by atoms with Crippen molar-refractivity contribution in [1.82, 2.24) is 10.2 Å². The van der Waals surface area contributed by atoms with E-state index in [1.54, 1.807) is 12.1 Å². The van der Waals surface area contributed by atoms with Crippen molar-refractivity contribution in [1.29, 1.82) is 5.26 Å². The van der Waals surface area contributed by atoms with Crippen LogP contribution in [0.15, 0.2) is 37.1 Å². The van der Waals surface area contributed by atoms with E-state index >= 15 is 0 Å². The highest BCUT2D eigenvalue weighted by atomic mass is 19.1. The Morgan fingerprint density at radius 2 is 2.20 bits per heavy atom. The molecule has 0 unspecified atom stereocenters. The van der Waals surface area contributed by atoms with E-state index in [-0.39, 0.29) is 18.3 Å². The summed E-state index contributed by atoms with van der Waals surface area (Å²) < 4.78 is 20.5. The predicted molar refractivity (Wildman–Crippen MR) is 122 cm³/mol. The highest BCUT2D eigenvalue weighted by Crippen LogP contribution is 2.20. The summed E-state index contributed by atoms with van der Waals surface area (Å²) in [4.78, 5) is 2.01. The second-order valence-electron chi connectivity index (χ2n) is 7.17. The molecule has 1 aromatic rings. The summed E-state index contributed by atoms with van der Waals surface area (Å²) in [6.07, 6.45) is 11.5. The van der Waals surface area contributed by atoms with Crippen molar-refractivity contribution >= 4 is 5.57 Å². The Morgan fingerprint density at radius 3 is 2.77 bits per heavy atom. The third kappa shape index (κ3) is 8.82. The van der Waals surface area contributed by atoms with Gasteiger partial charge in [0.15, 0.2) is 0 Å². The quantitative estimate of drug-likeness (QED) is 0.277. The highest BCUT2D eigenvalue weighted by Gasteiger charge is 2.15. The molecule has 1 rings (SSSR count). The molecule has 0 saturated heterocycles. The number of benzene rings is 1. The molecule has 0 radical (unpaired) electrons. The molecule has 0 aliphatic rings. The molecule has 2 atom stereocenters. The third-order valence-corrected chi connectivity index (χ3v) is 4.91. The zero-order valence-corrected chi connectivity index (χ0v) is 18.5. The first kappa shape index (κ1) is 25.4. The largest absolute Gasteiger partial charge is 0.380 e. The molecular formula is C25H34FN3O. The first-order valence-electron chi connectivity index (χ1n) is 10.5. The molecule has 0 amide bonds. The van der Waals surface area contributed by atoms with Crippen LogP contribution in [0.3, 0.4) is 0 Å². The highest BCUT2D eigenvalue weighted by molar-refractivity contribution is 5.73. The van der Waals surface area contributed by atoms with Crippen LogP contribution in [0.2, 0.25) is 0 Å². The lowest BCUT2D eigenvalue weighted by atomic mass is 10.0. The summed E-state index contributed by atoms with van der Waals surface area (Å²) in [5.74, 6) is 2.27. The van der Waals surface area contributed by atoms with Gasteiger partial charge in [-0.15, -0.1) is 12.3 Å². The SMILES string of the molecule is C#CCCCO[C@@H](CC)CN[C@H](C#N)Cc1ccc(/C(C=C)=C/N(C)CC)cc1F. The molecular weight excluding hydrogens is 377 g/mol. The lowest BCUT2D eigenvalue weighted by Crippen LogP contribution is -2.37. The molecule has 0 aliphatic heterocycles. The summed E-state index contributed by atoms with van der Waals surface area (Å²) in [6.45, 7) is 9.89. The summed E-state index contributed by atoms with van der Waals surface area (Å²) in [6, 6.07) is 6.85. The number of halogens is 1. The Bertz CT molecular complexity index is 776. The summed E-state index contributed by atoms with van der Waals surface area (Å²) in [5.41, 5.74) is 2.13. The van der Waals surface area contributed by atoms with Gasteiger partial charge in [0.1, 0.15) is 5.82 Å². The third-order valence-electron chi connectivity index (χ3n) is 4.91. The molecule has 0 fully saturated rings. The van der Waals surface area contributed by atoms with Gasteiger partial charge in [-0.2, -0.15) is 5.26 Å². The van der Waals surface area contributed by atoms with Crippen LogP contribution in [0.25, 0.3) is 5.57 Å². The van der Waals surface area contributed by atoms with Crippen LogP contribution in [0, 0.1) is 29.5 Å². The zero-order chi connectivity index (χ0) is 22.4. The monoisotopic (exact) mass is 411 g/mol. The molecule has 0 saturated carbocycles. The Kier molecular flexibility index (Phi) is 12.2. The first-order chi connectivity index (χ1) is 14.5. The number of nitrogens with zero attached hydrogens (tertiary/aromatic N) is 2. The van der Waals surface area contributed by atoms with Gasteiger partial charge in [0, 0.05) is 45.8 Å². The Morgan fingerprint density at radius 1 is 1.43 bits per heavy atom. The topological polar surface area (TPSA) is 48.3 Å². The molecule has 0 spiro atoms. The van der Waals surface area contributed by atoms with Crippen LogP contribution in [0.1, 0.15) is 44.2 Å². The Balaban J connectivity index is 2.73. The van der Waals surface area contributed by atoms with Crippen LogP contribution in [-0.4, -0.2) is 43.8 Å². The number of unbranched alkanes of at least 4 members (excludes halogenated alkanes) is 1. The fraction of sp³-hybridized carbons (Fsp3) is 0.480. The minimum Gasteiger partial charge on any atom is -0.380 e. The number of nitrogens with one attached hydrogen (secondary N) is 1. The normalized spacial score (nSPS) is 13.2. The van der Waals surface area contributed by atoms with Gasteiger partial charge in [0.05, 0.1) is 18.2 Å². The van der Waals surface area contributed by atoms with Crippen molar-refractivity contribution in [2.45, 2.75) is 51.7 Å². The molecule has 1 aromatic carbocycles. The van der Waals surface area contributed by atoms with E-state index in [1.807, 2.05) is 38.1 Å².